The molecular formula is C22H23N5O3. The Bertz CT molecular complexity index is 1060. The zero-order valence-electron chi connectivity index (χ0n) is 16.7. The Hall–Kier alpha value is -3.68. The van der Waals surface area contributed by atoms with E-state index in [0.29, 0.717) is 29.1 Å². The molecule has 1 aliphatic carbocycles. The summed E-state index contributed by atoms with van der Waals surface area (Å²) in [7, 11) is 1.57. The Balaban J connectivity index is 1.40. The largest absolute Gasteiger partial charge is 0.493 e. The molecule has 0 saturated heterocycles. The number of amides is 1. The molecule has 30 heavy (non-hydrogen) atoms. The molecule has 1 heterocycles. The second-order valence-electron chi connectivity index (χ2n) is 7.07. The molecule has 8 nitrogen and oxygen atoms in total. The molecule has 0 aliphatic heterocycles. The second kappa shape index (κ2) is 8.77. The van der Waals surface area contributed by atoms with E-state index in [9.17, 15) is 4.79 Å². The quantitative estimate of drug-likeness (QED) is 0.549. The number of ether oxygens (including phenoxy) is 2. The first-order valence-corrected chi connectivity index (χ1v) is 9.76. The molecule has 0 bridgehead atoms. The third-order valence-corrected chi connectivity index (χ3v) is 4.76. The second-order valence-corrected chi connectivity index (χ2v) is 7.07. The smallest absolute Gasteiger partial charge is 0.262 e. The topological polar surface area (TPSA) is 91.2 Å². The first-order valence-electron chi connectivity index (χ1n) is 9.76. The Morgan fingerprint density at radius 1 is 1.27 bits per heavy atom. The molecule has 0 unspecified atom stereocenters. The van der Waals surface area contributed by atoms with E-state index in [2.05, 4.69) is 27.4 Å². The predicted molar refractivity (Wildman–Crippen MR) is 113 cm³/mol. The van der Waals surface area contributed by atoms with Crippen LogP contribution in [0.1, 0.15) is 24.4 Å². The number of hydrogen-bond donors (Lipinski definition) is 1. The van der Waals surface area contributed by atoms with Gasteiger partial charge in [-0.1, -0.05) is 24.3 Å². The van der Waals surface area contributed by atoms with Gasteiger partial charge in [-0.15, -0.1) is 11.7 Å². The number of nitrogens with zero attached hydrogens (tertiary/aromatic N) is 4. The molecule has 0 atom stereocenters. The van der Waals surface area contributed by atoms with Crippen molar-refractivity contribution in [3.63, 3.8) is 0 Å². The maximum Gasteiger partial charge on any atom is 0.262 e. The van der Waals surface area contributed by atoms with Gasteiger partial charge in [0, 0.05) is 11.3 Å². The third kappa shape index (κ3) is 4.48. The van der Waals surface area contributed by atoms with Crippen molar-refractivity contribution in [2.75, 3.05) is 19.0 Å². The number of carbonyl (C=O) groups is 1. The van der Waals surface area contributed by atoms with Crippen LogP contribution < -0.4 is 14.8 Å². The lowest BCUT2D eigenvalue weighted by atomic mass is 10.1. The minimum Gasteiger partial charge on any atom is -0.493 e. The van der Waals surface area contributed by atoms with Crippen LogP contribution in [0.2, 0.25) is 0 Å². The number of aromatic nitrogens is 4. The normalized spacial score (nSPS) is 13.0. The Labute approximate surface area is 174 Å². The number of carbonyl (C=O) groups excluding carboxylic acids is 1. The minimum atomic E-state index is -0.272. The van der Waals surface area contributed by atoms with E-state index in [0.717, 1.165) is 30.4 Å². The standard InChI is InChI=1S/C22H23N5O3/c1-3-5-15-8-11-19(20(12-15)29-2)30-14-21(28)23-17-7-4-6-16(13-17)22-24-25-26-27(22)18-9-10-18/h3-4,6-8,11-13,18H,1,5,9-10,14H2,2H3,(H,23,28). The summed E-state index contributed by atoms with van der Waals surface area (Å²) < 4.78 is 12.9. The number of rotatable bonds is 9. The van der Waals surface area contributed by atoms with Crippen molar-refractivity contribution in [1.82, 2.24) is 20.2 Å². The zero-order valence-corrected chi connectivity index (χ0v) is 16.7. The van der Waals surface area contributed by atoms with Crippen molar-refractivity contribution in [3.8, 4) is 22.9 Å². The van der Waals surface area contributed by atoms with E-state index in [4.69, 9.17) is 9.47 Å². The van der Waals surface area contributed by atoms with Crippen molar-refractivity contribution < 1.29 is 14.3 Å². The van der Waals surface area contributed by atoms with Gasteiger partial charge in [0.05, 0.1) is 13.2 Å². The summed E-state index contributed by atoms with van der Waals surface area (Å²) in [6.45, 7) is 3.60. The minimum absolute atomic E-state index is 0.138. The Morgan fingerprint density at radius 3 is 2.90 bits per heavy atom. The number of hydrogen-bond acceptors (Lipinski definition) is 6. The van der Waals surface area contributed by atoms with Crippen LogP contribution in [0.5, 0.6) is 11.5 Å². The van der Waals surface area contributed by atoms with Crippen molar-refractivity contribution in [2.24, 2.45) is 0 Å². The van der Waals surface area contributed by atoms with Gasteiger partial charge in [-0.2, -0.15) is 0 Å². The first-order chi connectivity index (χ1) is 14.7. The van der Waals surface area contributed by atoms with Crippen LogP contribution in [0.4, 0.5) is 5.69 Å². The molecule has 8 heteroatoms. The summed E-state index contributed by atoms with van der Waals surface area (Å²) in [4.78, 5) is 12.4. The summed E-state index contributed by atoms with van der Waals surface area (Å²) in [5.74, 6) is 1.52. The van der Waals surface area contributed by atoms with Crippen molar-refractivity contribution in [3.05, 3.63) is 60.7 Å². The first kappa shape index (κ1) is 19.6. The van der Waals surface area contributed by atoms with Gasteiger partial charge in [-0.3, -0.25) is 4.79 Å². The van der Waals surface area contributed by atoms with E-state index >= 15 is 0 Å². The highest BCUT2D eigenvalue weighted by Gasteiger charge is 2.28. The number of nitrogens with one attached hydrogen (secondary N) is 1. The monoisotopic (exact) mass is 405 g/mol. The summed E-state index contributed by atoms with van der Waals surface area (Å²) in [6.07, 6.45) is 4.73. The fourth-order valence-corrected chi connectivity index (χ4v) is 3.15. The number of allylic oxidation sites excluding steroid dienone is 1. The van der Waals surface area contributed by atoms with Crippen LogP contribution in [0.3, 0.4) is 0 Å². The number of tetrazole rings is 1. The highest BCUT2D eigenvalue weighted by molar-refractivity contribution is 5.92. The zero-order chi connectivity index (χ0) is 20.9. The average Bonchev–Trinajstić information content (AvgIpc) is 3.49. The molecule has 2 aromatic carbocycles. The molecule has 1 aromatic heterocycles. The summed E-state index contributed by atoms with van der Waals surface area (Å²) >= 11 is 0. The van der Waals surface area contributed by atoms with Gasteiger partial charge in [0.15, 0.2) is 23.9 Å². The molecule has 154 valence electrons. The van der Waals surface area contributed by atoms with Gasteiger partial charge in [0.2, 0.25) is 0 Å². The van der Waals surface area contributed by atoms with Gasteiger partial charge < -0.3 is 14.8 Å². The molecular weight excluding hydrogens is 382 g/mol. The lowest BCUT2D eigenvalue weighted by molar-refractivity contribution is -0.118. The summed E-state index contributed by atoms with van der Waals surface area (Å²) in [5, 5.41) is 14.8. The third-order valence-electron chi connectivity index (χ3n) is 4.76. The van der Waals surface area contributed by atoms with Crippen molar-refractivity contribution in [1.29, 1.82) is 0 Å². The molecule has 1 N–H and O–H groups in total. The molecule has 1 amide bonds. The van der Waals surface area contributed by atoms with Gasteiger partial charge in [0.25, 0.3) is 5.91 Å². The maximum absolute atomic E-state index is 12.4. The molecule has 0 radical (unpaired) electrons. The molecule has 3 aromatic rings. The van der Waals surface area contributed by atoms with Gasteiger partial charge in [0.1, 0.15) is 0 Å². The number of anilines is 1. The van der Waals surface area contributed by atoms with E-state index in [1.807, 2.05) is 47.2 Å². The van der Waals surface area contributed by atoms with E-state index in [1.54, 1.807) is 13.2 Å². The van der Waals surface area contributed by atoms with Crippen LogP contribution in [0.25, 0.3) is 11.4 Å². The molecule has 1 fully saturated rings. The van der Waals surface area contributed by atoms with Gasteiger partial charge in [-0.05, 0) is 59.5 Å². The number of benzene rings is 2. The van der Waals surface area contributed by atoms with Crippen molar-refractivity contribution >= 4 is 11.6 Å². The molecule has 0 spiro atoms. The van der Waals surface area contributed by atoms with Crippen LogP contribution >= 0.6 is 0 Å². The highest BCUT2D eigenvalue weighted by Crippen LogP contribution is 2.36. The van der Waals surface area contributed by atoms with E-state index in [-0.39, 0.29) is 12.5 Å². The average molecular weight is 405 g/mol. The molecule has 1 aliphatic rings. The maximum atomic E-state index is 12.4. The Morgan fingerprint density at radius 2 is 2.13 bits per heavy atom. The van der Waals surface area contributed by atoms with Crippen LogP contribution in [0.15, 0.2) is 55.1 Å². The SMILES string of the molecule is C=CCc1ccc(OCC(=O)Nc2cccc(-c3nnnn3C3CC3)c2)c(OC)c1. The van der Waals surface area contributed by atoms with Crippen LogP contribution in [-0.2, 0) is 11.2 Å². The predicted octanol–water partition coefficient (Wildman–Crippen LogP) is 3.43. The highest BCUT2D eigenvalue weighted by atomic mass is 16.5. The lowest BCUT2D eigenvalue weighted by Gasteiger charge is -2.12. The Kier molecular flexibility index (Phi) is 5.74. The number of methoxy groups -OCH3 is 1. The van der Waals surface area contributed by atoms with Gasteiger partial charge >= 0.3 is 0 Å². The van der Waals surface area contributed by atoms with Crippen LogP contribution in [-0.4, -0.2) is 39.8 Å². The van der Waals surface area contributed by atoms with Crippen molar-refractivity contribution in [2.45, 2.75) is 25.3 Å². The molecule has 1 saturated carbocycles. The van der Waals surface area contributed by atoms with E-state index < -0.39 is 0 Å². The van der Waals surface area contributed by atoms with E-state index in [1.165, 1.54) is 0 Å². The van der Waals surface area contributed by atoms with Crippen LogP contribution in [0, 0.1) is 0 Å². The molecule has 4 rings (SSSR count). The lowest BCUT2D eigenvalue weighted by Crippen LogP contribution is -2.20. The fraction of sp³-hybridized carbons (Fsp3) is 0.273. The van der Waals surface area contributed by atoms with Gasteiger partial charge in [-0.25, -0.2) is 4.68 Å². The summed E-state index contributed by atoms with van der Waals surface area (Å²) in [6, 6.07) is 13.4. The fourth-order valence-electron chi connectivity index (χ4n) is 3.15. The summed E-state index contributed by atoms with van der Waals surface area (Å²) in [5.41, 5.74) is 2.56.